The molecule has 33 heavy (non-hydrogen) atoms. The summed E-state index contributed by atoms with van der Waals surface area (Å²) in [6, 6.07) is 16.1. The van der Waals surface area contributed by atoms with E-state index in [1.165, 1.54) is 22.2 Å². The molecule has 0 aliphatic rings. The number of hydrogen-bond acceptors (Lipinski definition) is 6. The molecule has 0 unspecified atom stereocenters. The molecule has 2 aromatic heterocycles. The largest absolute Gasteiger partial charge is 0.462 e. The molecule has 4 rings (SSSR count). The van der Waals surface area contributed by atoms with Crippen molar-refractivity contribution < 1.29 is 14.3 Å². The lowest BCUT2D eigenvalue weighted by Gasteiger charge is -2.09. The first-order chi connectivity index (χ1) is 16.1. The third-order valence-electron chi connectivity index (χ3n) is 5.09. The highest BCUT2D eigenvalue weighted by atomic mass is 32.1. The lowest BCUT2D eigenvalue weighted by atomic mass is 10.1. The van der Waals surface area contributed by atoms with Crippen molar-refractivity contribution in [3.05, 3.63) is 82.2 Å². The number of benzene rings is 2. The number of unbranched alkanes of at least 4 members (excludes halogenated alkanes) is 1. The second-order valence-electron chi connectivity index (χ2n) is 7.49. The SMILES string of the molecule is CCCCOC(=O)c1ccc(NC(=O)Cn2cnc3scc(-c4ccccc4)c3c2=O)cc1. The van der Waals surface area contributed by atoms with Gasteiger partial charge in [-0.1, -0.05) is 43.7 Å². The Kier molecular flexibility index (Phi) is 6.95. The van der Waals surface area contributed by atoms with Crippen LogP contribution in [0.4, 0.5) is 5.69 Å². The molecule has 168 valence electrons. The standard InChI is InChI=1S/C25H23N3O4S/c1-2-3-13-32-25(31)18-9-11-19(12-10-18)27-21(29)14-28-16-26-23-22(24(28)30)20(15-33-23)17-7-5-4-6-8-17/h4-12,15-16H,2-3,13-14H2,1H3,(H,27,29). The number of nitrogens with zero attached hydrogens (tertiary/aromatic N) is 2. The van der Waals surface area contributed by atoms with Gasteiger partial charge in [-0.15, -0.1) is 11.3 Å². The molecule has 0 atom stereocenters. The zero-order valence-corrected chi connectivity index (χ0v) is 18.9. The Morgan fingerprint density at radius 1 is 1.09 bits per heavy atom. The van der Waals surface area contributed by atoms with Gasteiger partial charge in [-0.25, -0.2) is 9.78 Å². The Bertz CT molecular complexity index is 1330. The molecule has 2 heterocycles. The molecule has 0 spiro atoms. The van der Waals surface area contributed by atoms with E-state index in [0.717, 1.165) is 24.0 Å². The maximum atomic E-state index is 13.1. The molecular formula is C25H23N3O4S. The Morgan fingerprint density at radius 2 is 1.85 bits per heavy atom. The summed E-state index contributed by atoms with van der Waals surface area (Å²) >= 11 is 1.40. The van der Waals surface area contributed by atoms with E-state index in [4.69, 9.17) is 4.74 Å². The van der Waals surface area contributed by atoms with Gasteiger partial charge < -0.3 is 10.1 Å². The summed E-state index contributed by atoms with van der Waals surface area (Å²) in [7, 11) is 0. The van der Waals surface area contributed by atoms with Gasteiger partial charge in [-0.3, -0.25) is 14.2 Å². The van der Waals surface area contributed by atoms with Crippen LogP contribution in [-0.4, -0.2) is 28.0 Å². The summed E-state index contributed by atoms with van der Waals surface area (Å²) in [5, 5.41) is 5.17. The minimum atomic E-state index is -0.391. The summed E-state index contributed by atoms with van der Waals surface area (Å²) in [6.07, 6.45) is 3.16. The monoisotopic (exact) mass is 461 g/mol. The predicted molar refractivity (Wildman–Crippen MR) is 130 cm³/mol. The fourth-order valence-corrected chi connectivity index (χ4v) is 4.25. The minimum Gasteiger partial charge on any atom is -0.462 e. The first-order valence-corrected chi connectivity index (χ1v) is 11.5. The zero-order valence-electron chi connectivity index (χ0n) is 18.1. The third kappa shape index (κ3) is 5.18. The smallest absolute Gasteiger partial charge is 0.338 e. The zero-order chi connectivity index (χ0) is 23.2. The van der Waals surface area contributed by atoms with E-state index in [1.807, 2.05) is 42.6 Å². The van der Waals surface area contributed by atoms with Crippen molar-refractivity contribution in [2.75, 3.05) is 11.9 Å². The number of thiophene rings is 1. The van der Waals surface area contributed by atoms with Gasteiger partial charge in [0.1, 0.15) is 11.4 Å². The van der Waals surface area contributed by atoms with Gasteiger partial charge in [0.2, 0.25) is 5.91 Å². The topological polar surface area (TPSA) is 90.3 Å². The maximum absolute atomic E-state index is 13.1. The quantitative estimate of drug-likeness (QED) is 0.303. The number of hydrogen-bond donors (Lipinski definition) is 1. The lowest BCUT2D eigenvalue weighted by molar-refractivity contribution is -0.116. The number of aromatic nitrogens is 2. The summed E-state index contributed by atoms with van der Waals surface area (Å²) in [5.74, 6) is -0.759. The van der Waals surface area contributed by atoms with Crippen LogP contribution in [-0.2, 0) is 16.1 Å². The average Bonchev–Trinajstić information content (AvgIpc) is 3.27. The number of anilines is 1. The molecule has 2 aromatic carbocycles. The third-order valence-corrected chi connectivity index (χ3v) is 5.98. The van der Waals surface area contributed by atoms with E-state index in [-0.39, 0.29) is 18.0 Å². The Morgan fingerprint density at radius 3 is 2.58 bits per heavy atom. The molecule has 1 amide bonds. The van der Waals surface area contributed by atoms with Crippen LogP contribution in [0.5, 0.6) is 0 Å². The number of carbonyl (C=O) groups is 2. The molecule has 7 nitrogen and oxygen atoms in total. The summed E-state index contributed by atoms with van der Waals surface area (Å²) < 4.78 is 6.48. The highest BCUT2D eigenvalue weighted by Gasteiger charge is 2.15. The molecule has 0 aliphatic carbocycles. The molecule has 0 bridgehead atoms. The van der Waals surface area contributed by atoms with Crippen LogP contribution in [0.2, 0.25) is 0 Å². The van der Waals surface area contributed by atoms with Crippen LogP contribution in [0, 0.1) is 0 Å². The first-order valence-electron chi connectivity index (χ1n) is 10.7. The Balaban J connectivity index is 1.47. The number of rotatable bonds is 8. The molecule has 0 radical (unpaired) electrons. The molecule has 0 saturated carbocycles. The molecular weight excluding hydrogens is 438 g/mol. The molecule has 0 aliphatic heterocycles. The van der Waals surface area contributed by atoms with E-state index in [1.54, 1.807) is 24.3 Å². The van der Waals surface area contributed by atoms with Crippen LogP contribution in [0.25, 0.3) is 21.3 Å². The number of fused-ring (bicyclic) bond motifs is 1. The van der Waals surface area contributed by atoms with E-state index in [9.17, 15) is 14.4 Å². The van der Waals surface area contributed by atoms with Gasteiger partial charge >= 0.3 is 5.97 Å². The number of carbonyl (C=O) groups excluding carboxylic acids is 2. The summed E-state index contributed by atoms with van der Waals surface area (Å²) in [4.78, 5) is 42.7. The number of esters is 1. The van der Waals surface area contributed by atoms with Crippen molar-refractivity contribution >= 4 is 39.1 Å². The van der Waals surface area contributed by atoms with Crippen molar-refractivity contribution in [3.63, 3.8) is 0 Å². The van der Waals surface area contributed by atoms with Gasteiger partial charge in [0.05, 0.1) is 23.9 Å². The van der Waals surface area contributed by atoms with Crippen molar-refractivity contribution in [2.45, 2.75) is 26.3 Å². The normalized spacial score (nSPS) is 10.8. The molecule has 8 heteroatoms. The van der Waals surface area contributed by atoms with Crippen LogP contribution >= 0.6 is 11.3 Å². The van der Waals surface area contributed by atoms with Crippen molar-refractivity contribution in [2.24, 2.45) is 0 Å². The lowest BCUT2D eigenvalue weighted by Crippen LogP contribution is -2.27. The predicted octanol–water partition coefficient (Wildman–Crippen LogP) is 4.72. The first kappa shape index (κ1) is 22.4. The van der Waals surface area contributed by atoms with E-state index in [2.05, 4.69) is 10.3 Å². The van der Waals surface area contributed by atoms with Crippen molar-refractivity contribution in [1.82, 2.24) is 9.55 Å². The Hall–Kier alpha value is -3.78. The van der Waals surface area contributed by atoms with Gasteiger partial charge in [0.25, 0.3) is 5.56 Å². The second kappa shape index (κ2) is 10.2. The fourth-order valence-electron chi connectivity index (χ4n) is 3.35. The average molecular weight is 462 g/mol. The van der Waals surface area contributed by atoms with Gasteiger partial charge in [-0.2, -0.15) is 0 Å². The van der Waals surface area contributed by atoms with Crippen LogP contribution < -0.4 is 10.9 Å². The number of nitrogens with one attached hydrogen (secondary N) is 1. The van der Waals surface area contributed by atoms with E-state index >= 15 is 0 Å². The minimum absolute atomic E-state index is 0.174. The van der Waals surface area contributed by atoms with E-state index < -0.39 is 5.97 Å². The van der Waals surface area contributed by atoms with Crippen LogP contribution in [0.3, 0.4) is 0 Å². The van der Waals surface area contributed by atoms with Crippen molar-refractivity contribution in [3.8, 4) is 11.1 Å². The number of amides is 1. The van der Waals surface area contributed by atoms with Crippen molar-refractivity contribution in [1.29, 1.82) is 0 Å². The fraction of sp³-hybridized carbons (Fsp3) is 0.200. The molecule has 1 N–H and O–H groups in total. The van der Waals surface area contributed by atoms with Crippen LogP contribution in [0.1, 0.15) is 30.1 Å². The van der Waals surface area contributed by atoms with Crippen LogP contribution in [0.15, 0.2) is 71.1 Å². The summed E-state index contributed by atoms with van der Waals surface area (Å²) in [5.41, 5.74) is 2.41. The summed E-state index contributed by atoms with van der Waals surface area (Å²) in [6.45, 7) is 2.24. The maximum Gasteiger partial charge on any atom is 0.338 e. The van der Waals surface area contributed by atoms with Gasteiger partial charge in [-0.05, 0) is 36.2 Å². The van der Waals surface area contributed by atoms with Gasteiger partial charge in [0.15, 0.2) is 0 Å². The highest BCUT2D eigenvalue weighted by Crippen LogP contribution is 2.30. The highest BCUT2D eigenvalue weighted by molar-refractivity contribution is 7.17. The Labute approximate surface area is 194 Å². The second-order valence-corrected chi connectivity index (χ2v) is 8.35. The van der Waals surface area contributed by atoms with E-state index in [0.29, 0.717) is 28.1 Å². The molecule has 4 aromatic rings. The van der Waals surface area contributed by atoms with Gasteiger partial charge in [0, 0.05) is 16.6 Å². The number of ether oxygens (including phenoxy) is 1. The molecule has 0 fully saturated rings. The molecule has 0 saturated heterocycles.